The highest BCUT2D eigenvalue weighted by Crippen LogP contribution is 2.41. The Balaban J connectivity index is 1.22. The van der Waals surface area contributed by atoms with Crippen LogP contribution in [0.2, 0.25) is 0 Å². The lowest BCUT2D eigenvalue weighted by atomic mass is 9.82. The second-order valence-corrected chi connectivity index (χ2v) is 11.2. The molecule has 4 aromatic rings. The van der Waals surface area contributed by atoms with Crippen molar-refractivity contribution in [2.24, 2.45) is 10.9 Å². The van der Waals surface area contributed by atoms with E-state index in [1.54, 1.807) is 35.4 Å². The molecule has 6 rings (SSSR count). The van der Waals surface area contributed by atoms with E-state index < -0.39 is 17.2 Å². The first kappa shape index (κ1) is 27.9. The Morgan fingerprint density at radius 2 is 1.55 bits per heavy atom. The van der Waals surface area contributed by atoms with E-state index >= 15 is 0 Å². The van der Waals surface area contributed by atoms with Crippen molar-refractivity contribution in [1.29, 1.82) is 0 Å². The van der Waals surface area contributed by atoms with Crippen LogP contribution in [0.5, 0.6) is 0 Å². The number of aliphatic imine (C=N–C) groups is 1. The van der Waals surface area contributed by atoms with Gasteiger partial charge >= 0.3 is 0 Å². The number of hydrogen-bond donors (Lipinski definition) is 0. The summed E-state index contributed by atoms with van der Waals surface area (Å²) in [7, 11) is 0. The lowest BCUT2D eigenvalue weighted by Gasteiger charge is -2.32. The fourth-order valence-corrected chi connectivity index (χ4v) is 6.22. The molecule has 0 bridgehead atoms. The summed E-state index contributed by atoms with van der Waals surface area (Å²) in [6.07, 6.45) is 5.85. The predicted molar refractivity (Wildman–Crippen MR) is 160 cm³/mol. The molecule has 1 atom stereocenters. The Labute approximate surface area is 245 Å². The van der Waals surface area contributed by atoms with E-state index in [9.17, 15) is 13.6 Å². The van der Waals surface area contributed by atoms with Crippen LogP contribution >= 0.6 is 0 Å². The molecular weight excluding hydrogens is 530 g/mol. The van der Waals surface area contributed by atoms with E-state index in [1.165, 1.54) is 29.8 Å². The first-order chi connectivity index (χ1) is 20.5. The third-order valence-corrected chi connectivity index (χ3v) is 8.41. The Kier molecular flexibility index (Phi) is 8.20. The van der Waals surface area contributed by atoms with E-state index in [2.05, 4.69) is 40.2 Å². The summed E-state index contributed by atoms with van der Waals surface area (Å²) in [6, 6.07) is 27.8. The molecule has 2 aliphatic heterocycles. The highest BCUT2D eigenvalue weighted by Gasteiger charge is 2.51. The molecule has 1 saturated heterocycles. The molecule has 42 heavy (non-hydrogen) atoms. The number of carbonyl (C=O) groups excluding carboxylic acids is 1. The molecule has 0 aliphatic carbocycles. The molecule has 0 N–H and O–H groups in total. The smallest absolute Gasteiger partial charge is 0.265 e. The number of hydrogen-bond acceptors (Lipinski definition) is 4. The minimum Gasteiger partial charge on any atom is -0.303 e. The largest absolute Gasteiger partial charge is 0.303 e. The van der Waals surface area contributed by atoms with Crippen LogP contribution in [0.3, 0.4) is 0 Å². The fraction of sp³-hybridized carbons (Fsp3) is 0.286. The topological polar surface area (TPSA) is 48.8 Å². The highest BCUT2D eigenvalue weighted by molar-refractivity contribution is 6.16. The maximum Gasteiger partial charge on any atom is 0.265 e. The van der Waals surface area contributed by atoms with Gasteiger partial charge in [0, 0.05) is 12.7 Å². The van der Waals surface area contributed by atoms with Crippen molar-refractivity contribution in [3.63, 3.8) is 0 Å². The Morgan fingerprint density at radius 3 is 2.26 bits per heavy atom. The second-order valence-electron chi connectivity index (χ2n) is 11.2. The summed E-state index contributed by atoms with van der Waals surface area (Å²) in [5, 5.41) is 0. The molecule has 1 unspecified atom stereocenters. The molecule has 1 fully saturated rings. The van der Waals surface area contributed by atoms with Crippen LogP contribution in [0.15, 0.2) is 108 Å². The normalized spacial score (nSPS) is 19.7. The van der Waals surface area contributed by atoms with E-state index in [4.69, 9.17) is 4.99 Å². The van der Waals surface area contributed by atoms with Gasteiger partial charge in [0.15, 0.2) is 11.4 Å². The highest BCUT2D eigenvalue weighted by atomic mass is 19.1. The maximum atomic E-state index is 14.5. The first-order valence-electron chi connectivity index (χ1n) is 14.6. The van der Waals surface area contributed by atoms with Gasteiger partial charge in [-0.3, -0.25) is 14.7 Å². The number of pyridine rings is 1. The van der Waals surface area contributed by atoms with Gasteiger partial charge in [-0.05, 0) is 104 Å². The summed E-state index contributed by atoms with van der Waals surface area (Å²) in [6.45, 7) is 3.38. The molecule has 7 heteroatoms. The SMILES string of the molecule is O=C1N(CCCN2CCC(Cc3ccccc3)CC2)C(c2ccccn2)=NC1(c1ccc(F)cc1)c1cccc(F)c1. The fourth-order valence-electron chi connectivity index (χ4n) is 6.22. The van der Waals surface area contributed by atoms with Crippen LogP contribution < -0.4 is 0 Å². The molecule has 0 saturated carbocycles. The van der Waals surface area contributed by atoms with E-state index in [1.807, 2.05) is 18.2 Å². The van der Waals surface area contributed by atoms with Crippen LogP contribution in [-0.4, -0.2) is 52.7 Å². The number of halogens is 2. The Hall–Kier alpha value is -4.23. The van der Waals surface area contributed by atoms with Gasteiger partial charge in [0.1, 0.15) is 17.3 Å². The van der Waals surface area contributed by atoms with Gasteiger partial charge in [0.25, 0.3) is 5.91 Å². The molecule has 5 nitrogen and oxygen atoms in total. The molecular formula is C35H34F2N4O. The summed E-state index contributed by atoms with van der Waals surface area (Å²) in [5.74, 6) is -0.0469. The number of rotatable bonds is 9. The molecule has 1 aromatic heterocycles. The molecule has 0 radical (unpaired) electrons. The third kappa shape index (κ3) is 5.74. The molecule has 3 heterocycles. The summed E-state index contributed by atoms with van der Waals surface area (Å²) >= 11 is 0. The predicted octanol–water partition coefficient (Wildman–Crippen LogP) is 6.24. The van der Waals surface area contributed by atoms with Crippen molar-refractivity contribution >= 4 is 11.7 Å². The van der Waals surface area contributed by atoms with E-state index in [0.717, 1.165) is 45.3 Å². The van der Waals surface area contributed by atoms with Gasteiger partial charge in [-0.15, -0.1) is 0 Å². The quantitative estimate of drug-likeness (QED) is 0.242. The van der Waals surface area contributed by atoms with Crippen molar-refractivity contribution in [3.05, 3.63) is 137 Å². The average molecular weight is 565 g/mol. The second kappa shape index (κ2) is 12.3. The summed E-state index contributed by atoms with van der Waals surface area (Å²) in [5.41, 5.74) is 1.30. The lowest BCUT2D eigenvalue weighted by Crippen LogP contribution is -2.43. The number of benzene rings is 3. The van der Waals surface area contributed by atoms with Crippen LogP contribution in [0.1, 0.15) is 41.6 Å². The van der Waals surface area contributed by atoms with Gasteiger partial charge in [-0.2, -0.15) is 0 Å². The minimum atomic E-state index is -1.54. The Morgan fingerprint density at radius 1 is 0.786 bits per heavy atom. The van der Waals surface area contributed by atoms with Gasteiger partial charge < -0.3 is 4.90 Å². The Bertz CT molecular complexity index is 1540. The van der Waals surface area contributed by atoms with Gasteiger partial charge in [-0.1, -0.05) is 60.7 Å². The first-order valence-corrected chi connectivity index (χ1v) is 14.6. The number of amides is 1. The van der Waals surface area contributed by atoms with Gasteiger partial charge in [-0.25, -0.2) is 13.8 Å². The number of amidine groups is 1. The molecule has 2 aliphatic rings. The molecule has 3 aromatic carbocycles. The zero-order chi connectivity index (χ0) is 28.9. The van der Waals surface area contributed by atoms with Crippen molar-refractivity contribution in [1.82, 2.24) is 14.8 Å². The van der Waals surface area contributed by atoms with Crippen LogP contribution in [0.25, 0.3) is 0 Å². The zero-order valence-corrected chi connectivity index (χ0v) is 23.5. The lowest BCUT2D eigenvalue weighted by molar-refractivity contribution is -0.130. The van der Waals surface area contributed by atoms with Crippen LogP contribution in [0.4, 0.5) is 8.78 Å². The number of likely N-dealkylation sites (tertiary alicyclic amines) is 1. The maximum absolute atomic E-state index is 14.5. The van der Waals surface area contributed by atoms with Crippen molar-refractivity contribution < 1.29 is 13.6 Å². The van der Waals surface area contributed by atoms with Crippen LogP contribution in [0, 0.1) is 17.6 Å². The molecule has 214 valence electrons. The van der Waals surface area contributed by atoms with Gasteiger partial charge in [0.05, 0.1) is 0 Å². The number of aromatic nitrogens is 1. The number of piperidine rings is 1. The number of nitrogens with zero attached hydrogens (tertiary/aromatic N) is 4. The van der Waals surface area contributed by atoms with E-state index in [0.29, 0.717) is 35.1 Å². The molecule has 1 amide bonds. The number of carbonyl (C=O) groups is 1. The summed E-state index contributed by atoms with van der Waals surface area (Å²) in [4.78, 5) is 28.1. The third-order valence-electron chi connectivity index (χ3n) is 8.41. The van der Waals surface area contributed by atoms with Gasteiger partial charge in [0.2, 0.25) is 0 Å². The summed E-state index contributed by atoms with van der Waals surface area (Å²) < 4.78 is 28.5. The monoisotopic (exact) mass is 564 g/mol. The van der Waals surface area contributed by atoms with Crippen molar-refractivity contribution in [2.75, 3.05) is 26.2 Å². The average Bonchev–Trinajstić information content (AvgIpc) is 3.32. The minimum absolute atomic E-state index is 0.290. The molecule has 0 spiro atoms. The van der Waals surface area contributed by atoms with Crippen LogP contribution in [-0.2, 0) is 16.8 Å². The zero-order valence-electron chi connectivity index (χ0n) is 23.5. The van der Waals surface area contributed by atoms with Crippen molar-refractivity contribution in [2.45, 2.75) is 31.2 Å². The van der Waals surface area contributed by atoms with E-state index in [-0.39, 0.29) is 5.91 Å². The standard InChI is InChI=1S/C35H34F2N4O/c36-30-15-13-28(14-16-30)35(29-10-6-11-31(37)25-29)34(42)41(33(39-35)32-12-4-5-19-38-32)21-7-20-40-22-17-27(18-23-40)24-26-8-2-1-3-9-26/h1-6,8-16,19,25,27H,7,17-18,20-24H2. The van der Waals surface area contributed by atoms with Crippen molar-refractivity contribution in [3.8, 4) is 0 Å².